The molecule has 2 heterocycles. The molecule has 0 unspecified atom stereocenters. The Morgan fingerprint density at radius 1 is 1.43 bits per heavy atom. The summed E-state index contributed by atoms with van der Waals surface area (Å²) in [6, 6.07) is 0. The van der Waals surface area contributed by atoms with Gasteiger partial charge in [-0.2, -0.15) is 0 Å². The highest BCUT2D eigenvalue weighted by atomic mass is 28.4. The van der Waals surface area contributed by atoms with Crippen molar-refractivity contribution in [2.75, 3.05) is 13.2 Å². The number of fused-ring (bicyclic) bond motifs is 1. The van der Waals surface area contributed by atoms with Gasteiger partial charge in [-0.15, -0.1) is 0 Å². The van der Waals surface area contributed by atoms with Crippen molar-refractivity contribution in [1.82, 2.24) is 0 Å². The summed E-state index contributed by atoms with van der Waals surface area (Å²) < 4.78 is 17.7. The Balaban J connectivity index is 1.96. The molecule has 0 aliphatic carbocycles. The fourth-order valence-corrected chi connectivity index (χ4v) is 3.44. The van der Waals surface area contributed by atoms with Gasteiger partial charge >= 0.3 is 5.97 Å². The van der Waals surface area contributed by atoms with E-state index in [1.165, 1.54) is 11.6 Å². The molecule has 2 atom stereocenters. The van der Waals surface area contributed by atoms with Gasteiger partial charge in [0.15, 0.2) is 8.32 Å². The number of hydrogen-bond donors (Lipinski definition) is 0. The highest BCUT2D eigenvalue weighted by Gasteiger charge is 2.40. The van der Waals surface area contributed by atoms with Gasteiger partial charge in [0.2, 0.25) is 0 Å². The number of rotatable bonds is 3. The lowest BCUT2D eigenvalue weighted by Gasteiger charge is -2.35. The van der Waals surface area contributed by atoms with Gasteiger partial charge in [-0.25, -0.2) is 4.79 Å². The van der Waals surface area contributed by atoms with Crippen LogP contribution in [0.4, 0.5) is 0 Å². The van der Waals surface area contributed by atoms with E-state index in [2.05, 4.69) is 39.9 Å². The Morgan fingerprint density at radius 3 is 2.78 bits per heavy atom. The van der Waals surface area contributed by atoms with Gasteiger partial charge in [-0.05, 0) is 49.5 Å². The van der Waals surface area contributed by atoms with Crippen molar-refractivity contribution in [2.24, 2.45) is 0 Å². The van der Waals surface area contributed by atoms with E-state index in [9.17, 15) is 4.79 Å². The third-order valence-corrected chi connectivity index (χ3v) is 9.87. The molecule has 23 heavy (non-hydrogen) atoms. The highest BCUT2D eigenvalue weighted by molar-refractivity contribution is 6.74. The molecule has 0 saturated carbocycles. The Labute approximate surface area is 141 Å². The first-order chi connectivity index (χ1) is 10.5. The zero-order valence-electron chi connectivity index (χ0n) is 15.3. The molecule has 0 aromatic heterocycles. The molecule has 0 amide bonds. The van der Waals surface area contributed by atoms with Gasteiger partial charge in [0.1, 0.15) is 11.7 Å². The summed E-state index contributed by atoms with van der Waals surface area (Å²) in [6.45, 7) is 14.4. The molecule has 5 heteroatoms. The number of esters is 1. The highest BCUT2D eigenvalue weighted by Crippen LogP contribution is 2.37. The summed E-state index contributed by atoms with van der Waals surface area (Å²) in [7, 11) is -1.72. The van der Waals surface area contributed by atoms with Crippen molar-refractivity contribution < 1.29 is 18.7 Å². The van der Waals surface area contributed by atoms with Crippen molar-refractivity contribution >= 4 is 14.3 Å². The predicted octanol–water partition coefficient (Wildman–Crippen LogP) is 3.99. The summed E-state index contributed by atoms with van der Waals surface area (Å²) in [4.78, 5) is 11.4. The second-order valence-electron chi connectivity index (χ2n) is 8.20. The maximum Gasteiger partial charge on any atom is 0.330 e. The van der Waals surface area contributed by atoms with Crippen LogP contribution in [0.1, 0.15) is 40.5 Å². The van der Waals surface area contributed by atoms with Crippen LogP contribution in [0.3, 0.4) is 0 Å². The van der Waals surface area contributed by atoms with Crippen molar-refractivity contribution in [3.63, 3.8) is 0 Å². The first-order valence-electron chi connectivity index (χ1n) is 8.39. The third-order valence-electron chi connectivity index (χ3n) is 5.37. The van der Waals surface area contributed by atoms with Crippen LogP contribution in [0.15, 0.2) is 23.8 Å². The monoisotopic (exact) mass is 338 g/mol. The first kappa shape index (κ1) is 18.4. The molecule has 0 spiro atoms. The smallest absolute Gasteiger partial charge is 0.330 e. The molecule has 0 bridgehead atoms. The summed E-state index contributed by atoms with van der Waals surface area (Å²) in [5.41, 5.74) is 0.716. The number of carbonyl (C=O) groups is 1. The Hall–Kier alpha value is -0.913. The molecular weight excluding hydrogens is 308 g/mol. The van der Waals surface area contributed by atoms with Crippen LogP contribution in [0.2, 0.25) is 18.1 Å². The van der Waals surface area contributed by atoms with Crippen molar-refractivity contribution in [3.05, 3.63) is 23.8 Å². The standard InChI is InChI=1S/C18H30O4Si/c1-17(2,3)23(5,6)21-12-10-14-7-8-15-18(4,20-13-14)11-9-16(19)22-15/h9-11,15H,7-8,12-13H2,1-6H3/b14-10+/t15-,18+/m1/s1. The lowest BCUT2D eigenvalue weighted by molar-refractivity contribution is -0.160. The third kappa shape index (κ3) is 4.34. The Morgan fingerprint density at radius 2 is 2.13 bits per heavy atom. The van der Waals surface area contributed by atoms with Gasteiger partial charge in [-0.1, -0.05) is 26.8 Å². The van der Waals surface area contributed by atoms with E-state index in [4.69, 9.17) is 13.9 Å². The molecule has 2 rings (SSSR count). The average molecular weight is 339 g/mol. The van der Waals surface area contributed by atoms with Gasteiger partial charge in [-0.3, -0.25) is 0 Å². The second-order valence-corrected chi connectivity index (χ2v) is 13.0. The fourth-order valence-electron chi connectivity index (χ4n) is 2.51. The second kappa shape index (κ2) is 6.53. The first-order valence-corrected chi connectivity index (χ1v) is 11.3. The summed E-state index contributed by atoms with van der Waals surface area (Å²) in [6.07, 6.45) is 6.91. The maximum absolute atomic E-state index is 11.4. The summed E-state index contributed by atoms with van der Waals surface area (Å²) in [5, 5.41) is 0.215. The molecule has 2 aliphatic heterocycles. The van der Waals surface area contributed by atoms with Crippen LogP contribution >= 0.6 is 0 Å². The van der Waals surface area contributed by atoms with Gasteiger partial charge in [0, 0.05) is 6.08 Å². The molecule has 0 aromatic carbocycles. The van der Waals surface area contributed by atoms with E-state index in [1.807, 2.05) is 13.0 Å². The minimum absolute atomic E-state index is 0.202. The van der Waals surface area contributed by atoms with Gasteiger partial charge in [0.25, 0.3) is 0 Å². The molecule has 130 valence electrons. The molecule has 0 N–H and O–H groups in total. The van der Waals surface area contributed by atoms with Gasteiger partial charge in [0.05, 0.1) is 13.2 Å². The molecule has 0 aromatic rings. The minimum atomic E-state index is -1.72. The van der Waals surface area contributed by atoms with Crippen LogP contribution in [0, 0.1) is 0 Å². The van der Waals surface area contributed by atoms with Crippen LogP contribution < -0.4 is 0 Å². The summed E-state index contributed by atoms with van der Waals surface area (Å²) >= 11 is 0. The SMILES string of the molecule is CC(C)(C)[Si](C)(C)OC/C=C1\CC[C@H]2OC(=O)C=C[C@]2(C)OC1. The minimum Gasteiger partial charge on any atom is -0.456 e. The Bertz CT molecular complexity index is 516. The van der Waals surface area contributed by atoms with Crippen LogP contribution in [0.5, 0.6) is 0 Å². The lowest BCUT2D eigenvalue weighted by atomic mass is 9.93. The molecule has 4 nitrogen and oxygen atoms in total. The van der Waals surface area contributed by atoms with E-state index in [0.717, 1.165) is 12.8 Å². The molecular formula is C18H30O4Si. The van der Waals surface area contributed by atoms with Crippen molar-refractivity contribution in [2.45, 2.75) is 70.4 Å². The average Bonchev–Trinajstić information content (AvgIpc) is 2.58. The summed E-state index contributed by atoms with van der Waals surface area (Å²) in [5.74, 6) is -0.273. The molecule has 1 fully saturated rings. The van der Waals surface area contributed by atoms with E-state index in [1.54, 1.807) is 0 Å². The van der Waals surface area contributed by atoms with Crippen molar-refractivity contribution in [3.8, 4) is 0 Å². The van der Waals surface area contributed by atoms with Crippen LogP contribution in [-0.4, -0.2) is 39.2 Å². The molecule has 0 radical (unpaired) electrons. The largest absolute Gasteiger partial charge is 0.456 e. The van der Waals surface area contributed by atoms with Gasteiger partial charge < -0.3 is 13.9 Å². The zero-order valence-corrected chi connectivity index (χ0v) is 16.3. The molecule has 1 saturated heterocycles. The number of ether oxygens (including phenoxy) is 2. The quantitative estimate of drug-likeness (QED) is 0.443. The van der Waals surface area contributed by atoms with E-state index < -0.39 is 13.9 Å². The number of hydrogen-bond acceptors (Lipinski definition) is 4. The van der Waals surface area contributed by atoms with E-state index in [0.29, 0.717) is 13.2 Å². The zero-order chi connectivity index (χ0) is 17.3. The van der Waals surface area contributed by atoms with Crippen molar-refractivity contribution in [1.29, 1.82) is 0 Å². The van der Waals surface area contributed by atoms with E-state index in [-0.39, 0.29) is 17.1 Å². The normalized spacial score (nSPS) is 30.8. The van der Waals surface area contributed by atoms with Crippen LogP contribution in [0.25, 0.3) is 0 Å². The maximum atomic E-state index is 11.4. The lowest BCUT2D eigenvalue weighted by Crippen LogP contribution is -2.44. The fraction of sp³-hybridized carbons (Fsp3) is 0.722. The topological polar surface area (TPSA) is 44.8 Å². The van der Waals surface area contributed by atoms with Crippen LogP contribution in [-0.2, 0) is 18.7 Å². The predicted molar refractivity (Wildman–Crippen MR) is 93.8 cm³/mol. The Kier molecular flexibility index (Phi) is 5.23. The van der Waals surface area contributed by atoms with E-state index >= 15 is 0 Å². The number of carbonyl (C=O) groups excluding carboxylic acids is 1. The molecule has 2 aliphatic rings.